The molecule has 1 aromatic heterocycles. The van der Waals surface area contributed by atoms with Crippen molar-refractivity contribution in [1.82, 2.24) is 4.98 Å². The number of hydrogen-bond donors (Lipinski definition) is 0. The van der Waals surface area contributed by atoms with Gasteiger partial charge in [-0.25, -0.2) is 13.8 Å². The number of rotatable bonds is 3. The van der Waals surface area contributed by atoms with Gasteiger partial charge in [0.25, 0.3) is 6.43 Å². The molecule has 1 aromatic rings. The molecule has 0 amide bonds. The smallest absolute Gasteiger partial charge is 0.310 e. The molecular formula is C10H7BrF2N2O2. The Kier molecular flexibility index (Phi) is 4.52. The molecule has 7 heteroatoms. The minimum Gasteiger partial charge on any atom is -0.469 e. The number of methoxy groups -OCH3 is 1. The maximum atomic E-state index is 12.9. The summed E-state index contributed by atoms with van der Waals surface area (Å²) in [6.07, 6.45) is -2.19. The van der Waals surface area contributed by atoms with Crippen LogP contribution in [0.4, 0.5) is 8.78 Å². The molecule has 17 heavy (non-hydrogen) atoms. The van der Waals surface area contributed by atoms with E-state index in [0.29, 0.717) is 0 Å². The van der Waals surface area contributed by atoms with Crippen LogP contribution in [0.5, 0.6) is 0 Å². The van der Waals surface area contributed by atoms with Crippen LogP contribution >= 0.6 is 15.9 Å². The topological polar surface area (TPSA) is 63.0 Å². The van der Waals surface area contributed by atoms with E-state index in [1.165, 1.54) is 0 Å². The Morgan fingerprint density at radius 3 is 2.82 bits per heavy atom. The normalized spacial score (nSPS) is 10.1. The molecule has 0 aliphatic carbocycles. The molecule has 0 spiro atoms. The summed E-state index contributed by atoms with van der Waals surface area (Å²) in [7, 11) is 1.15. The van der Waals surface area contributed by atoms with Gasteiger partial charge in [-0.3, -0.25) is 4.79 Å². The van der Waals surface area contributed by atoms with Crippen LogP contribution in [0.3, 0.4) is 0 Å². The summed E-state index contributed by atoms with van der Waals surface area (Å²) in [6.45, 7) is 0. The number of halogens is 3. The molecule has 0 aliphatic heterocycles. The number of hydrogen-bond acceptors (Lipinski definition) is 4. The van der Waals surface area contributed by atoms with Gasteiger partial charge in [0.2, 0.25) is 0 Å². The van der Waals surface area contributed by atoms with Crippen LogP contribution in [-0.2, 0) is 16.0 Å². The van der Waals surface area contributed by atoms with Crippen molar-refractivity contribution in [3.05, 3.63) is 27.5 Å². The number of alkyl halides is 2. The highest BCUT2D eigenvalue weighted by Crippen LogP contribution is 2.30. The van der Waals surface area contributed by atoms with E-state index in [1.807, 2.05) is 0 Å². The second-order valence-electron chi connectivity index (χ2n) is 3.02. The fourth-order valence-electron chi connectivity index (χ4n) is 1.27. The van der Waals surface area contributed by atoms with Crippen molar-refractivity contribution in [2.75, 3.05) is 7.11 Å². The van der Waals surface area contributed by atoms with Gasteiger partial charge < -0.3 is 4.74 Å². The average Bonchev–Trinajstić information content (AvgIpc) is 2.30. The van der Waals surface area contributed by atoms with E-state index in [2.05, 4.69) is 25.7 Å². The number of pyridine rings is 1. The Bertz CT molecular complexity index is 486. The molecule has 0 N–H and O–H groups in total. The van der Waals surface area contributed by atoms with Gasteiger partial charge in [-0.05, 0) is 15.9 Å². The lowest BCUT2D eigenvalue weighted by Gasteiger charge is -2.10. The van der Waals surface area contributed by atoms with E-state index in [9.17, 15) is 13.6 Å². The minimum atomic E-state index is -2.86. The maximum Gasteiger partial charge on any atom is 0.310 e. The second-order valence-corrected chi connectivity index (χ2v) is 3.77. The van der Waals surface area contributed by atoms with Crippen molar-refractivity contribution in [2.24, 2.45) is 0 Å². The third kappa shape index (κ3) is 2.97. The Balaban J connectivity index is 3.35. The van der Waals surface area contributed by atoms with Crippen molar-refractivity contribution in [1.29, 1.82) is 5.26 Å². The first-order valence-corrected chi connectivity index (χ1v) is 5.22. The predicted octanol–water partition coefficient (Wildman–Crippen LogP) is 2.37. The summed E-state index contributed by atoms with van der Waals surface area (Å²) < 4.78 is 30.2. The molecule has 1 heterocycles. The third-order valence-electron chi connectivity index (χ3n) is 2.06. The summed E-state index contributed by atoms with van der Waals surface area (Å²) in [5.74, 6) is -0.676. The molecule has 0 fully saturated rings. The van der Waals surface area contributed by atoms with Crippen molar-refractivity contribution >= 4 is 21.9 Å². The van der Waals surface area contributed by atoms with Crippen molar-refractivity contribution < 1.29 is 18.3 Å². The Labute approximate surface area is 104 Å². The standard InChI is InChI=1S/C10H7BrF2N2O2/c1-17-7(16)2-6-8(10(12)13)5(3-14)4-15-9(6)11/h4,10H,2H2,1H3. The van der Waals surface area contributed by atoms with E-state index in [4.69, 9.17) is 5.26 Å². The van der Waals surface area contributed by atoms with Crippen LogP contribution < -0.4 is 0 Å². The summed E-state index contributed by atoms with van der Waals surface area (Å²) in [4.78, 5) is 14.8. The highest BCUT2D eigenvalue weighted by atomic mass is 79.9. The van der Waals surface area contributed by atoms with E-state index in [-0.39, 0.29) is 22.2 Å². The molecule has 0 aromatic carbocycles. The largest absolute Gasteiger partial charge is 0.469 e. The van der Waals surface area contributed by atoms with Crippen molar-refractivity contribution in [2.45, 2.75) is 12.8 Å². The zero-order valence-corrected chi connectivity index (χ0v) is 10.3. The number of carbonyl (C=O) groups is 1. The van der Waals surface area contributed by atoms with Crippen LogP contribution in [0.25, 0.3) is 0 Å². The SMILES string of the molecule is COC(=O)Cc1c(Br)ncc(C#N)c1C(F)F. The highest BCUT2D eigenvalue weighted by molar-refractivity contribution is 9.10. The summed E-state index contributed by atoms with van der Waals surface area (Å²) in [5.41, 5.74) is -0.757. The molecule has 0 aliphatic rings. The molecule has 1 rings (SSSR count). The number of carbonyl (C=O) groups excluding carboxylic acids is 1. The quantitative estimate of drug-likeness (QED) is 0.635. The van der Waals surface area contributed by atoms with Gasteiger partial charge in [-0.2, -0.15) is 5.26 Å². The molecule has 0 bridgehead atoms. The van der Waals surface area contributed by atoms with Gasteiger partial charge in [0.15, 0.2) is 0 Å². The summed E-state index contributed by atoms with van der Waals surface area (Å²) in [6, 6.07) is 1.62. The van der Waals surface area contributed by atoms with E-state index in [1.54, 1.807) is 6.07 Å². The van der Waals surface area contributed by atoms with Crippen LogP contribution in [0.2, 0.25) is 0 Å². The Hall–Kier alpha value is -1.55. The number of nitrogens with zero attached hydrogens (tertiary/aromatic N) is 2. The molecular weight excluding hydrogens is 298 g/mol. The number of nitriles is 1. The molecule has 90 valence electrons. The number of esters is 1. The van der Waals surface area contributed by atoms with Gasteiger partial charge in [-0.15, -0.1) is 0 Å². The van der Waals surface area contributed by atoms with Crippen molar-refractivity contribution in [3.8, 4) is 6.07 Å². The summed E-state index contributed by atoms with van der Waals surface area (Å²) in [5, 5.41) is 8.72. The Morgan fingerprint density at radius 2 is 2.35 bits per heavy atom. The zero-order chi connectivity index (χ0) is 13.0. The Morgan fingerprint density at radius 1 is 1.71 bits per heavy atom. The highest BCUT2D eigenvalue weighted by Gasteiger charge is 2.23. The molecule has 4 nitrogen and oxygen atoms in total. The van der Waals surface area contributed by atoms with Gasteiger partial charge in [0, 0.05) is 17.3 Å². The minimum absolute atomic E-state index is 0.0223. The molecule has 0 radical (unpaired) electrons. The first-order valence-electron chi connectivity index (χ1n) is 4.43. The fourth-order valence-corrected chi connectivity index (χ4v) is 1.72. The van der Waals surface area contributed by atoms with Crippen molar-refractivity contribution in [3.63, 3.8) is 0 Å². The lowest BCUT2D eigenvalue weighted by Crippen LogP contribution is -2.10. The van der Waals surface area contributed by atoms with Gasteiger partial charge in [-0.1, -0.05) is 0 Å². The molecule has 0 saturated heterocycles. The van der Waals surface area contributed by atoms with Crippen LogP contribution in [0, 0.1) is 11.3 Å². The lowest BCUT2D eigenvalue weighted by molar-refractivity contribution is -0.139. The monoisotopic (exact) mass is 304 g/mol. The average molecular weight is 305 g/mol. The van der Waals surface area contributed by atoms with Gasteiger partial charge in [0.1, 0.15) is 10.7 Å². The zero-order valence-electron chi connectivity index (χ0n) is 8.71. The first-order chi connectivity index (χ1) is 8.01. The van der Waals surface area contributed by atoms with Crippen LogP contribution in [0.15, 0.2) is 10.8 Å². The molecule has 0 unspecified atom stereocenters. The first kappa shape index (κ1) is 13.5. The van der Waals surface area contributed by atoms with Crippen LogP contribution in [0.1, 0.15) is 23.1 Å². The van der Waals surface area contributed by atoms with Crippen LogP contribution in [-0.4, -0.2) is 18.1 Å². The second kappa shape index (κ2) is 5.68. The summed E-state index contributed by atoms with van der Waals surface area (Å²) >= 11 is 2.97. The lowest BCUT2D eigenvalue weighted by atomic mass is 10.0. The van der Waals surface area contributed by atoms with Gasteiger partial charge in [0.05, 0.1) is 19.1 Å². The van der Waals surface area contributed by atoms with E-state index in [0.717, 1.165) is 13.3 Å². The van der Waals surface area contributed by atoms with E-state index < -0.39 is 18.0 Å². The van der Waals surface area contributed by atoms with E-state index >= 15 is 0 Å². The predicted molar refractivity (Wildman–Crippen MR) is 57.3 cm³/mol. The fraction of sp³-hybridized carbons (Fsp3) is 0.300. The molecule has 0 atom stereocenters. The van der Waals surface area contributed by atoms with Gasteiger partial charge >= 0.3 is 5.97 Å². The number of aromatic nitrogens is 1. The number of ether oxygens (including phenoxy) is 1. The third-order valence-corrected chi connectivity index (χ3v) is 2.74. The molecule has 0 saturated carbocycles. The maximum absolute atomic E-state index is 12.9.